The molecule has 0 aromatic heterocycles. The third kappa shape index (κ3) is 3.58. The van der Waals surface area contributed by atoms with Crippen LogP contribution in [0.25, 0.3) is 0 Å². The average molecular weight is 225 g/mol. The highest BCUT2D eigenvalue weighted by Crippen LogP contribution is 2.26. The lowest BCUT2D eigenvalue weighted by atomic mass is 9.86. The highest BCUT2D eigenvalue weighted by atomic mass is 19.1. The molecule has 0 spiro atoms. The van der Waals surface area contributed by atoms with Gasteiger partial charge in [-0.3, -0.25) is 0 Å². The summed E-state index contributed by atoms with van der Waals surface area (Å²) < 4.78 is 12.8. The molecule has 1 aromatic carbocycles. The van der Waals surface area contributed by atoms with Gasteiger partial charge in [-0.05, 0) is 49.5 Å². The van der Waals surface area contributed by atoms with Crippen molar-refractivity contribution in [2.75, 3.05) is 20.2 Å². The predicted molar refractivity (Wildman–Crippen MR) is 63.9 cm³/mol. The zero-order chi connectivity index (χ0) is 12.0. The molecule has 0 radical (unpaired) electrons. The van der Waals surface area contributed by atoms with Gasteiger partial charge in [0.05, 0.1) is 0 Å². The molecule has 2 atom stereocenters. The topological polar surface area (TPSA) is 32.3 Å². The number of halogens is 1. The average Bonchev–Trinajstić information content (AvgIpc) is 2.30. The van der Waals surface area contributed by atoms with E-state index < -0.39 is 0 Å². The fraction of sp³-hybridized carbons (Fsp3) is 0.538. The number of hydrogen-bond donors (Lipinski definition) is 2. The van der Waals surface area contributed by atoms with Crippen LogP contribution in [0.5, 0.6) is 0 Å². The Hall–Kier alpha value is -0.930. The minimum Gasteiger partial charge on any atom is -0.396 e. The molecule has 0 heterocycles. The summed E-state index contributed by atoms with van der Waals surface area (Å²) in [4.78, 5) is 0. The van der Waals surface area contributed by atoms with Gasteiger partial charge in [-0.1, -0.05) is 19.1 Å². The van der Waals surface area contributed by atoms with Crippen LogP contribution in [0.1, 0.15) is 24.8 Å². The standard InChI is InChI=1S/C13H20FNO/c1-10(12(9-16)7-8-15-2)11-3-5-13(14)6-4-11/h3-6,10,12,15-16H,7-9H2,1-2H3. The van der Waals surface area contributed by atoms with Gasteiger partial charge in [0.1, 0.15) is 5.82 Å². The monoisotopic (exact) mass is 225 g/mol. The summed E-state index contributed by atoms with van der Waals surface area (Å²) in [5.41, 5.74) is 1.08. The second-order valence-electron chi connectivity index (χ2n) is 4.18. The van der Waals surface area contributed by atoms with Crippen molar-refractivity contribution >= 4 is 0 Å². The van der Waals surface area contributed by atoms with E-state index in [0.717, 1.165) is 18.5 Å². The number of benzene rings is 1. The van der Waals surface area contributed by atoms with E-state index >= 15 is 0 Å². The number of aliphatic hydroxyl groups excluding tert-OH is 1. The van der Waals surface area contributed by atoms with E-state index in [9.17, 15) is 9.50 Å². The lowest BCUT2D eigenvalue weighted by Gasteiger charge is -2.22. The molecule has 2 nitrogen and oxygen atoms in total. The second-order valence-corrected chi connectivity index (χ2v) is 4.18. The van der Waals surface area contributed by atoms with Crippen molar-refractivity contribution in [2.45, 2.75) is 19.3 Å². The number of aliphatic hydroxyl groups is 1. The Labute approximate surface area is 96.5 Å². The molecule has 0 aliphatic carbocycles. The molecule has 3 heteroatoms. The summed E-state index contributed by atoms with van der Waals surface area (Å²) in [7, 11) is 1.90. The van der Waals surface area contributed by atoms with Gasteiger partial charge in [-0.2, -0.15) is 0 Å². The van der Waals surface area contributed by atoms with E-state index in [0.29, 0.717) is 0 Å². The molecule has 0 aliphatic heterocycles. The first-order chi connectivity index (χ1) is 7.69. The molecule has 1 aromatic rings. The number of nitrogens with one attached hydrogen (secondary N) is 1. The first-order valence-electron chi connectivity index (χ1n) is 5.70. The van der Waals surface area contributed by atoms with Crippen molar-refractivity contribution in [1.82, 2.24) is 5.32 Å². The van der Waals surface area contributed by atoms with Gasteiger partial charge in [0.25, 0.3) is 0 Å². The molecular weight excluding hydrogens is 205 g/mol. The second kappa shape index (κ2) is 6.61. The molecule has 90 valence electrons. The maximum absolute atomic E-state index is 12.8. The Morgan fingerprint density at radius 2 is 1.94 bits per heavy atom. The normalized spacial score (nSPS) is 14.8. The Balaban J connectivity index is 2.66. The Morgan fingerprint density at radius 3 is 2.44 bits per heavy atom. The molecule has 0 saturated carbocycles. The first kappa shape index (κ1) is 13.1. The quantitative estimate of drug-likeness (QED) is 0.777. The van der Waals surface area contributed by atoms with Gasteiger partial charge in [0, 0.05) is 6.61 Å². The van der Waals surface area contributed by atoms with Gasteiger partial charge in [-0.25, -0.2) is 4.39 Å². The maximum atomic E-state index is 12.8. The van der Waals surface area contributed by atoms with E-state index in [1.54, 1.807) is 12.1 Å². The lowest BCUT2D eigenvalue weighted by molar-refractivity contribution is 0.200. The molecule has 0 aliphatic rings. The summed E-state index contributed by atoms with van der Waals surface area (Å²) in [6.07, 6.45) is 0.922. The molecule has 16 heavy (non-hydrogen) atoms. The Kier molecular flexibility index (Phi) is 5.43. The number of rotatable bonds is 6. The van der Waals surface area contributed by atoms with Gasteiger partial charge >= 0.3 is 0 Å². The van der Waals surface area contributed by atoms with E-state index in [2.05, 4.69) is 12.2 Å². The SMILES string of the molecule is CNCCC(CO)C(C)c1ccc(F)cc1. The maximum Gasteiger partial charge on any atom is 0.123 e. The van der Waals surface area contributed by atoms with Crippen molar-refractivity contribution in [3.8, 4) is 0 Å². The Bertz CT molecular complexity index is 299. The van der Waals surface area contributed by atoms with Crippen molar-refractivity contribution in [2.24, 2.45) is 5.92 Å². The van der Waals surface area contributed by atoms with Gasteiger partial charge in [-0.15, -0.1) is 0 Å². The van der Waals surface area contributed by atoms with Crippen molar-refractivity contribution in [3.05, 3.63) is 35.6 Å². The van der Waals surface area contributed by atoms with Crippen LogP contribution in [0, 0.1) is 11.7 Å². The summed E-state index contributed by atoms with van der Waals surface area (Å²) in [5.74, 6) is 0.253. The molecule has 0 amide bonds. The third-order valence-corrected chi connectivity index (χ3v) is 3.10. The van der Waals surface area contributed by atoms with Crippen LogP contribution in [-0.2, 0) is 0 Å². The summed E-state index contributed by atoms with van der Waals surface area (Å²) in [6.45, 7) is 3.13. The van der Waals surface area contributed by atoms with Crippen LogP contribution in [-0.4, -0.2) is 25.3 Å². The molecule has 0 fully saturated rings. The summed E-state index contributed by atoms with van der Waals surface area (Å²) in [6, 6.07) is 6.53. The number of hydrogen-bond acceptors (Lipinski definition) is 2. The predicted octanol–water partition coefficient (Wildman–Crippen LogP) is 2.15. The van der Waals surface area contributed by atoms with Crippen molar-refractivity contribution < 1.29 is 9.50 Å². The van der Waals surface area contributed by atoms with E-state index in [-0.39, 0.29) is 24.3 Å². The molecular formula is C13H20FNO. The van der Waals surface area contributed by atoms with Gasteiger partial charge < -0.3 is 10.4 Å². The van der Waals surface area contributed by atoms with E-state index in [1.807, 2.05) is 7.05 Å². The zero-order valence-electron chi connectivity index (χ0n) is 9.91. The highest BCUT2D eigenvalue weighted by Gasteiger charge is 2.17. The van der Waals surface area contributed by atoms with Crippen LogP contribution >= 0.6 is 0 Å². The zero-order valence-corrected chi connectivity index (χ0v) is 9.91. The van der Waals surface area contributed by atoms with Crippen molar-refractivity contribution in [3.63, 3.8) is 0 Å². The van der Waals surface area contributed by atoms with E-state index in [4.69, 9.17) is 0 Å². The fourth-order valence-corrected chi connectivity index (χ4v) is 1.87. The Morgan fingerprint density at radius 1 is 1.31 bits per heavy atom. The lowest BCUT2D eigenvalue weighted by Crippen LogP contribution is -2.20. The van der Waals surface area contributed by atoms with Gasteiger partial charge in [0.2, 0.25) is 0 Å². The highest BCUT2D eigenvalue weighted by molar-refractivity contribution is 5.20. The minimum absolute atomic E-state index is 0.167. The largest absolute Gasteiger partial charge is 0.396 e. The molecule has 1 rings (SSSR count). The molecule has 0 saturated heterocycles. The summed E-state index contributed by atoms with van der Waals surface area (Å²) >= 11 is 0. The van der Waals surface area contributed by atoms with E-state index in [1.165, 1.54) is 12.1 Å². The van der Waals surface area contributed by atoms with Crippen LogP contribution in [0.4, 0.5) is 4.39 Å². The van der Waals surface area contributed by atoms with Crippen LogP contribution < -0.4 is 5.32 Å². The summed E-state index contributed by atoms with van der Waals surface area (Å²) in [5, 5.41) is 12.4. The third-order valence-electron chi connectivity index (χ3n) is 3.10. The van der Waals surface area contributed by atoms with Crippen molar-refractivity contribution in [1.29, 1.82) is 0 Å². The fourth-order valence-electron chi connectivity index (χ4n) is 1.87. The molecule has 0 bridgehead atoms. The van der Waals surface area contributed by atoms with Crippen LogP contribution in [0.3, 0.4) is 0 Å². The minimum atomic E-state index is -0.216. The van der Waals surface area contributed by atoms with Gasteiger partial charge in [0.15, 0.2) is 0 Å². The molecule has 2 unspecified atom stereocenters. The van der Waals surface area contributed by atoms with Crippen LogP contribution in [0.15, 0.2) is 24.3 Å². The smallest absolute Gasteiger partial charge is 0.123 e. The molecule has 2 N–H and O–H groups in total. The first-order valence-corrected chi connectivity index (χ1v) is 5.70. The van der Waals surface area contributed by atoms with Crippen LogP contribution in [0.2, 0.25) is 0 Å².